The maximum absolute atomic E-state index is 11.9. The van der Waals surface area contributed by atoms with Gasteiger partial charge in [-0.15, -0.1) is 0 Å². The molecule has 1 amide bonds. The van der Waals surface area contributed by atoms with Crippen molar-refractivity contribution in [1.29, 1.82) is 0 Å². The first-order valence-electron chi connectivity index (χ1n) is 10.7. The number of carbonyl (C=O) groups excluding carboxylic acids is 1. The highest BCUT2D eigenvalue weighted by Gasteiger charge is 2.23. The fourth-order valence-electron chi connectivity index (χ4n) is 3.44. The maximum Gasteiger partial charge on any atom is 0.418 e. The highest BCUT2D eigenvalue weighted by atomic mass is 35.5. The van der Waals surface area contributed by atoms with Gasteiger partial charge in [0.1, 0.15) is 11.4 Å². The zero-order valence-corrected chi connectivity index (χ0v) is 21.4. The number of anilines is 1. The number of nitrogens with one attached hydrogen (secondary N) is 2. The van der Waals surface area contributed by atoms with E-state index in [4.69, 9.17) is 37.7 Å². The fraction of sp³-hybridized carbons (Fsp3) is 0.409. The molecular weight excluding hydrogens is 499 g/mol. The van der Waals surface area contributed by atoms with Crippen molar-refractivity contribution in [3.63, 3.8) is 0 Å². The van der Waals surface area contributed by atoms with Crippen molar-refractivity contribution in [1.82, 2.24) is 23.6 Å². The molecule has 0 radical (unpaired) electrons. The summed E-state index contributed by atoms with van der Waals surface area (Å²) >= 11 is 13.9. The third kappa shape index (κ3) is 6.25. The molecule has 0 spiro atoms. The summed E-state index contributed by atoms with van der Waals surface area (Å²) in [6.07, 6.45) is 4.72. The van der Waals surface area contributed by atoms with Gasteiger partial charge in [-0.05, 0) is 32.9 Å². The Balaban J connectivity index is 1.43. The lowest BCUT2D eigenvalue weighted by Gasteiger charge is -2.32. The number of amides is 1. The number of benzene rings is 1. The minimum absolute atomic E-state index is 0.106. The zero-order valence-electron chi connectivity index (χ0n) is 19.0. The fourth-order valence-corrected chi connectivity index (χ4v) is 4.45. The van der Waals surface area contributed by atoms with Crippen molar-refractivity contribution in [3.8, 4) is 5.69 Å². The van der Waals surface area contributed by atoms with E-state index in [0.717, 1.165) is 11.1 Å². The van der Waals surface area contributed by atoms with Gasteiger partial charge in [0.25, 0.3) is 0 Å². The molecule has 3 heterocycles. The molecule has 1 fully saturated rings. The number of carbonyl (C=O) groups is 1. The number of hydrogen-bond acceptors (Lipinski definition) is 8. The molecule has 182 valence electrons. The van der Waals surface area contributed by atoms with Crippen molar-refractivity contribution in [2.75, 3.05) is 31.6 Å². The molecule has 3 aromatic rings. The molecule has 0 saturated carbocycles. The first-order chi connectivity index (χ1) is 16.2. The van der Waals surface area contributed by atoms with Crippen LogP contribution < -0.4 is 10.0 Å². The second-order valence-corrected chi connectivity index (χ2v) is 10.4. The van der Waals surface area contributed by atoms with E-state index >= 15 is 0 Å². The number of pyridine rings is 1. The Morgan fingerprint density at radius 1 is 1.35 bits per heavy atom. The highest BCUT2D eigenvalue weighted by Crippen LogP contribution is 2.34. The van der Waals surface area contributed by atoms with Crippen molar-refractivity contribution in [2.24, 2.45) is 0 Å². The third-order valence-electron chi connectivity index (χ3n) is 4.90. The van der Waals surface area contributed by atoms with Gasteiger partial charge in [-0.3, -0.25) is 4.72 Å². The summed E-state index contributed by atoms with van der Waals surface area (Å²) in [6, 6.07) is 5.59. The number of fused-ring (bicyclic) bond motifs is 1. The smallest absolute Gasteiger partial charge is 0.418 e. The topological polar surface area (TPSA) is 93.5 Å². The Labute approximate surface area is 212 Å². The molecular formula is C22H26Cl2N6O3S. The van der Waals surface area contributed by atoms with Gasteiger partial charge in [-0.2, -0.15) is 0 Å². The Morgan fingerprint density at radius 2 is 2.18 bits per heavy atom. The van der Waals surface area contributed by atoms with Gasteiger partial charge in [0, 0.05) is 55.6 Å². The predicted octanol–water partition coefficient (Wildman–Crippen LogP) is 4.93. The average Bonchev–Trinajstić information content (AvgIpc) is 3.32. The standard InChI is InChI=1S/C22H26Cl2N6O3S/c1-22(2,3)33-21(31)28-34-30-8-9-32-14(12-30)11-26-18-10-17(29-7-6-25-13-29)15-4-5-16(23)19(24)20(15)27-18/h4-7,10,13-14H,8-9,11-12H2,1-3H3,(H,26,27)(H,28,31). The molecule has 0 aliphatic carbocycles. The molecule has 2 N–H and O–H groups in total. The number of morpholine rings is 1. The number of imidazole rings is 1. The lowest BCUT2D eigenvalue weighted by atomic mass is 10.1. The van der Waals surface area contributed by atoms with E-state index < -0.39 is 11.7 Å². The van der Waals surface area contributed by atoms with Crippen LogP contribution in [0.3, 0.4) is 0 Å². The molecule has 2 aromatic heterocycles. The zero-order chi connectivity index (χ0) is 24.3. The van der Waals surface area contributed by atoms with Crippen LogP contribution in [0.25, 0.3) is 16.6 Å². The van der Waals surface area contributed by atoms with Gasteiger partial charge in [0.2, 0.25) is 0 Å². The van der Waals surface area contributed by atoms with Crippen LogP contribution in [-0.2, 0) is 9.47 Å². The molecule has 1 saturated heterocycles. The van der Waals surface area contributed by atoms with E-state index in [0.29, 0.717) is 47.6 Å². The van der Waals surface area contributed by atoms with Crippen molar-refractivity contribution < 1.29 is 14.3 Å². The SMILES string of the molecule is CC(C)(C)OC(=O)NSN1CCOC(CNc2cc(-n3ccnc3)c3ccc(Cl)c(Cl)c3n2)C1. The summed E-state index contributed by atoms with van der Waals surface area (Å²) < 4.78 is 17.8. The normalized spacial score (nSPS) is 17.0. The average molecular weight is 525 g/mol. The second kappa shape index (κ2) is 10.6. The maximum atomic E-state index is 11.9. The molecule has 34 heavy (non-hydrogen) atoms. The lowest BCUT2D eigenvalue weighted by Crippen LogP contribution is -2.44. The van der Waals surface area contributed by atoms with E-state index in [1.165, 1.54) is 12.1 Å². The van der Waals surface area contributed by atoms with Gasteiger partial charge in [-0.25, -0.2) is 19.1 Å². The summed E-state index contributed by atoms with van der Waals surface area (Å²) in [7, 11) is 0. The first kappa shape index (κ1) is 24.9. The van der Waals surface area contributed by atoms with Crippen LogP contribution in [0, 0.1) is 0 Å². The molecule has 1 aliphatic heterocycles. The van der Waals surface area contributed by atoms with Crippen molar-refractivity contribution in [2.45, 2.75) is 32.5 Å². The molecule has 1 aliphatic rings. The van der Waals surface area contributed by atoms with Gasteiger partial charge in [0.15, 0.2) is 0 Å². The molecule has 1 unspecified atom stereocenters. The van der Waals surface area contributed by atoms with E-state index in [-0.39, 0.29) is 6.10 Å². The van der Waals surface area contributed by atoms with Crippen LogP contribution in [-0.4, -0.2) is 62.9 Å². The van der Waals surface area contributed by atoms with Gasteiger partial charge in [-0.1, -0.05) is 23.2 Å². The Bertz CT molecular complexity index is 1160. The van der Waals surface area contributed by atoms with Crippen LogP contribution in [0.2, 0.25) is 10.0 Å². The van der Waals surface area contributed by atoms with Gasteiger partial charge < -0.3 is 19.4 Å². The van der Waals surface area contributed by atoms with Crippen molar-refractivity contribution in [3.05, 3.63) is 47.0 Å². The number of ether oxygens (including phenoxy) is 2. The summed E-state index contributed by atoms with van der Waals surface area (Å²) in [5.41, 5.74) is 0.940. The van der Waals surface area contributed by atoms with Crippen molar-refractivity contribution >= 4 is 58.1 Å². The third-order valence-corrected chi connectivity index (χ3v) is 6.54. The Hall–Kier alpha value is -2.24. The van der Waals surface area contributed by atoms with E-state index in [1.54, 1.807) is 18.6 Å². The first-order valence-corrected chi connectivity index (χ1v) is 12.3. The second-order valence-electron chi connectivity index (χ2n) is 8.71. The minimum Gasteiger partial charge on any atom is -0.443 e. The quantitative estimate of drug-likeness (QED) is 0.438. The van der Waals surface area contributed by atoms with Gasteiger partial charge >= 0.3 is 6.09 Å². The van der Waals surface area contributed by atoms with E-state index in [2.05, 4.69) is 15.0 Å². The van der Waals surface area contributed by atoms with Crippen LogP contribution in [0.4, 0.5) is 10.6 Å². The monoisotopic (exact) mass is 524 g/mol. The van der Waals surface area contributed by atoms with Crippen LogP contribution in [0.15, 0.2) is 36.9 Å². The molecule has 1 atom stereocenters. The summed E-state index contributed by atoms with van der Waals surface area (Å²) in [4.78, 5) is 20.8. The lowest BCUT2D eigenvalue weighted by molar-refractivity contribution is 0.00948. The largest absolute Gasteiger partial charge is 0.443 e. The number of rotatable bonds is 6. The molecule has 1 aromatic carbocycles. The van der Waals surface area contributed by atoms with Crippen LogP contribution in [0.5, 0.6) is 0 Å². The summed E-state index contributed by atoms with van der Waals surface area (Å²) in [5.74, 6) is 0.639. The summed E-state index contributed by atoms with van der Waals surface area (Å²) in [5, 5.41) is 5.05. The number of hydrogen-bond donors (Lipinski definition) is 2. The molecule has 12 heteroatoms. The van der Waals surface area contributed by atoms with Gasteiger partial charge in [0.05, 0.1) is 40.3 Å². The Morgan fingerprint density at radius 3 is 2.91 bits per heavy atom. The molecule has 4 rings (SSSR count). The predicted molar refractivity (Wildman–Crippen MR) is 136 cm³/mol. The number of halogens is 2. The highest BCUT2D eigenvalue weighted by molar-refractivity contribution is 7.95. The Kier molecular flexibility index (Phi) is 7.73. The van der Waals surface area contributed by atoms with E-state index in [9.17, 15) is 4.79 Å². The van der Waals surface area contributed by atoms with Crippen LogP contribution >= 0.6 is 35.3 Å². The minimum atomic E-state index is -0.544. The van der Waals surface area contributed by atoms with E-state index in [1.807, 2.05) is 48.0 Å². The molecule has 9 nitrogen and oxygen atoms in total. The number of nitrogens with zero attached hydrogens (tertiary/aromatic N) is 4. The summed E-state index contributed by atoms with van der Waals surface area (Å²) in [6.45, 7) is 7.84. The molecule has 0 bridgehead atoms. The number of aromatic nitrogens is 3. The van der Waals surface area contributed by atoms with Crippen LogP contribution in [0.1, 0.15) is 20.8 Å².